The predicted molar refractivity (Wildman–Crippen MR) is 52.8 cm³/mol. The summed E-state index contributed by atoms with van der Waals surface area (Å²) in [7, 11) is 0. The quantitative estimate of drug-likeness (QED) is 0.384. The lowest BCUT2D eigenvalue weighted by Gasteiger charge is -2.09. The summed E-state index contributed by atoms with van der Waals surface area (Å²) in [4.78, 5) is 23.2. The van der Waals surface area contributed by atoms with Crippen molar-refractivity contribution in [2.75, 3.05) is 0 Å². The minimum Gasteiger partial charge on any atom is -0.294 e. The largest absolute Gasteiger partial charge is 0.333 e. The Morgan fingerprint density at radius 2 is 1.60 bits per heavy atom. The van der Waals surface area contributed by atoms with Gasteiger partial charge in [0.15, 0.2) is 15.1 Å². The molecule has 2 rings (SSSR count). The van der Waals surface area contributed by atoms with Crippen LogP contribution in [0, 0.1) is 3.57 Å². The van der Waals surface area contributed by atoms with Gasteiger partial charge in [0.1, 0.15) is 0 Å². The molecule has 1 saturated carbocycles. The Kier molecular flexibility index (Phi) is 3.51. The van der Waals surface area contributed by atoms with E-state index in [1.807, 2.05) is 30.3 Å². The van der Waals surface area contributed by atoms with Crippen LogP contribution < -0.4 is 21.2 Å². The van der Waals surface area contributed by atoms with Gasteiger partial charge in [0.2, 0.25) is 0 Å². The molecule has 1 aromatic carbocycles. The van der Waals surface area contributed by atoms with Crippen molar-refractivity contribution in [3.05, 3.63) is 33.9 Å². The summed E-state index contributed by atoms with van der Waals surface area (Å²) in [5.74, 6) is 0.339. The van der Waals surface area contributed by atoms with E-state index < -0.39 is 21.2 Å². The molecule has 3 heteroatoms. The third kappa shape index (κ3) is 2.65. The Morgan fingerprint density at radius 3 is 2.20 bits per heavy atom. The van der Waals surface area contributed by atoms with Crippen molar-refractivity contribution < 1.29 is 30.8 Å². The van der Waals surface area contributed by atoms with Crippen LogP contribution in [0.5, 0.6) is 0 Å². The normalized spacial score (nSPS) is 18.1. The van der Waals surface area contributed by atoms with Gasteiger partial charge in [0.25, 0.3) is 3.92 Å². The summed E-state index contributed by atoms with van der Waals surface area (Å²) in [5, 5.41) is 0. The molecule has 0 radical (unpaired) electrons. The second-order valence-corrected chi connectivity index (χ2v) is 6.67. The summed E-state index contributed by atoms with van der Waals surface area (Å²) in [6.45, 7) is 0. The van der Waals surface area contributed by atoms with Crippen LogP contribution in [-0.2, 0) is 9.59 Å². The van der Waals surface area contributed by atoms with Crippen molar-refractivity contribution in [2.45, 2.75) is 23.2 Å². The van der Waals surface area contributed by atoms with Crippen LogP contribution in [-0.4, -0.2) is 15.5 Å². The van der Waals surface area contributed by atoms with E-state index in [-0.39, 0.29) is 15.5 Å². The molecule has 1 aliphatic rings. The third-order valence-electron chi connectivity index (χ3n) is 2.38. The highest BCUT2D eigenvalue weighted by atomic mass is 127. The number of benzene rings is 1. The number of hydrogen-bond donors (Lipinski definition) is 0. The minimum atomic E-state index is -0.474. The van der Waals surface area contributed by atoms with Gasteiger partial charge in [-0.1, -0.05) is 18.2 Å². The number of ketones is 2. The van der Waals surface area contributed by atoms with Crippen LogP contribution in [0.25, 0.3) is 0 Å². The fourth-order valence-corrected chi connectivity index (χ4v) is 4.47. The van der Waals surface area contributed by atoms with E-state index in [0.29, 0.717) is 12.8 Å². The van der Waals surface area contributed by atoms with Crippen molar-refractivity contribution in [3.63, 3.8) is 0 Å². The number of halogens is 1. The first-order valence-corrected chi connectivity index (χ1v) is 7.33. The molecule has 78 valence electrons. The molecule has 0 heterocycles. The van der Waals surface area contributed by atoms with Crippen molar-refractivity contribution in [2.24, 2.45) is 0 Å². The van der Waals surface area contributed by atoms with Crippen LogP contribution in [0.2, 0.25) is 0 Å². The highest BCUT2D eigenvalue weighted by Crippen LogP contribution is 2.07. The van der Waals surface area contributed by atoms with Gasteiger partial charge < -0.3 is 0 Å². The number of carbonyl (C=O) groups is 2. The van der Waals surface area contributed by atoms with Crippen molar-refractivity contribution >= 4 is 11.6 Å². The lowest BCUT2D eigenvalue weighted by atomic mass is 9.98. The lowest BCUT2D eigenvalue weighted by Crippen LogP contribution is -3.66. The minimum absolute atomic E-state index is 0.169. The Bertz CT molecular complexity index is 356. The smallest absolute Gasteiger partial charge is 0.294 e. The van der Waals surface area contributed by atoms with Gasteiger partial charge in [-0.15, -0.1) is 0 Å². The molecular formula is C12H12IO2+. The summed E-state index contributed by atoms with van der Waals surface area (Å²) in [5.41, 5.74) is 0. The van der Waals surface area contributed by atoms with E-state index in [1.54, 1.807) is 0 Å². The number of alkyl halides is 1. The van der Waals surface area contributed by atoms with Gasteiger partial charge in [-0.05, 0) is 18.6 Å². The van der Waals surface area contributed by atoms with Crippen LogP contribution in [0.4, 0.5) is 0 Å². The Balaban J connectivity index is 2.10. The van der Waals surface area contributed by atoms with Crippen LogP contribution in [0.1, 0.15) is 19.3 Å². The van der Waals surface area contributed by atoms with Crippen LogP contribution in [0.15, 0.2) is 30.3 Å². The van der Waals surface area contributed by atoms with Crippen molar-refractivity contribution in [3.8, 4) is 0 Å². The molecule has 0 N–H and O–H groups in total. The first kappa shape index (κ1) is 10.8. The number of carbonyl (C=O) groups excluding carboxylic acids is 2. The maximum atomic E-state index is 11.6. The summed E-state index contributed by atoms with van der Waals surface area (Å²) >= 11 is -0.474. The average molecular weight is 315 g/mol. The molecular weight excluding hydrogens is 303 g/mol. The standard InChI is InChI=1S/C12H12IO2/c14-10-7-4-8-11(15)12(10)13-9-5-2-1-3-6-9/h1-3,5-6,12H,4,7-8H2/q+1. The van der Waals surface area contributed by atoms with E-state index in [1.165, 1.54) is 3.57 Å². The van der Waals surface area contributed by atoms with Gasteiger partial charge >= 0.3 is 21.2 Å². The molecule has 1 aliphatic carbocycles. The third-order valence-corrected chi connectivity index (χ3v) is 5.83. The molecule has 15 heavy (non-hydrogen) atoms. The fraction of sp³-hybridized carbons (Fsp3) is 0.333. The SMILES string of the molecule is O=C1CCCC(=O)C1[I+]c1ccccc1. The first-order valence-electron chi connectivity index (χ1n) is 5.01. The summed E-state index contributed by atoms with van der Waals surface area (Å²) < 4.78 is 0.921. The molecule has 0 spiro atoms. The molecule has 0 saturated heterocycles. The van der Waals surface area contributed by atoms with E-state index in [9.17, 15) is 9.59 Å². The van der Waals surface area contributed by atoms with Gasteiger partial charge in [-0.3, -0.25) is 9.59 Å². The first-order chi connectivity index (χ1) is 7.27. The predicted octanol–water partition coefficient (Wildman–Crippen LogP) is -1.36. The van der Waals surface area contributed by atoms with Gasteiger partial charge in [0.05, 0.1) is 0 Å². The lowest BCUT2D eigenvalue weighted by molar-refractivity contribution is -0.637. The van der Waals surface area contributed by atoms with Gasteiger partial charge in [0, 0.05) is 12.8 Å². The zero-order valence-corrected chi connectivity index (χ0v) is 10.4. The molecule has 0 unspecified atom stereocenters. The average Bonchev–Trinajstić information content (AvgIpc) is 2.25. The highest BCUT2D eigenvalue weighted by Gasteiger charge is 2.41. The highest BCUT2D eigenvalue weighted by molar-refractivity contribution is 6.06. The Hall–Kier alpha value is -0.710. The summed E-state index contributed by atoms with van der Waals surface area (Å²) in [6, 6.07) is 9.92. The number of Topliss-reactive ketones (excluding diaryl/α,β-unsaturated/α-hetero) is 2. The van der Waals surface area contributed by atoms with E-state index >= 15 is 0 Å². The zero-order valence-electron chi connectivity index (χ0n) is 8.28. The molecule has 1 fully saturated rings. The monoisotopic (exact) mass is 315 g/mol. The maximum absolute atomic E-state index is 11.6. The van der Waals surface area contributed by atoms with Crippen LogP contribution in [0.3, 0.4) is 0 Å². The molecule has 0 aliphatic heterocycles. The summed E-state index contributed by atoms with van der Waals surface area (Å²) in [6.07, 6.45) is 1.96. The Labute approximate surface area is 99.3 Å². The fourth-order valence-electron chi connectivity index (χ4n) is 1.60. The molecule has 0 bridgehead atoms. The molecule has 0 amide bonds. The van der Waals surface area contributed by atoms with Gasteiger partial charge in [-0.25, -0.2) is 0 Å². The number of hydrogen-bond acceptors (Lipinski definition) is 2. The Morgan fingerprint density at radius 1 is 1.00 bits per heavy atom. The van der Waals surface area contributed by atoms with E-state index in [2.05, 4.69) is 0 Å². The zero-order chi connectivity index (χ0) is 10.7. The number of rotatable bonds is 2. The molecule has 2 nitrogen and oxygen atoms in total. The molecule has 0 atom stereocenters. The maximum Gasteiger partial charge on any atom is 0.333 e. The van der Waals surface area contributed by atoms with Gasteiger partial charge in [-0.2, -0.15) is 0 Å². The molecule has 0 aromatic heterocycles. The molecule has 1 aromatic rings. The van der Waals surface area contributed by atoms with Crippen LogP contribution >= 0.6 is 0 Å². The van der Waals surface area contributed by atoms with E-state index in [4.69, 9.17) is 0 Å². The van der Waals surface area contributed by atoms with Crippen molar-refractivity contribution in [1.82, 2.24) is 0 Å². The van der Waals surface area contributed by atoms with E-state index in [0.717, 1.165) is 6.42 Å². The second-order valence-electron chi connectivity index (χ2n) is 3.55. The second kappa shape index (κ2) is 4.88. The van der Waals surface area contributed by atoms with Crippen molar-refractivity contribution in [1.29, 1.82) is 0 Å². The topological polar surface area (TPSA) is 34.1 Å².